The highest BCUT2D eigenvalue weighted by molar-refractivity contribution is 5.77. The van der Waals surface area contributed by atoms with E-state index in [2.05, 4.69) is 9.40 Å². The summed E-state index contributed by atoms with van der Waals surface area (Å²) in [6, 6.07) is 4.24. The summed E-state index contributed by atoms with van der Waals surface area (Å²) in [4.78, 5) is 14.6. The average molecular weight is 165 g/mol. The second-order valence-corrected chi connectivity index (χ2v) is 2.27. The molecule has 2 aromatic rings. The fraction of sp³-hybridized carbons (Fsp3) is 0. The number of fused-ring (bicyclic) bond motifs is 1. The molecule has 0 radical (unpaired) electrons. The standard InChI is InChI=1S/C8H4FNO2/c9-5-2-1-3-6-7(5)8(11)12-4-10-6/h1-4H. The van der Waals surface area contributed by atoms with Crippen molar-refractivity contribution in [3.8, 4) is 0 Å². The van der Waals surface area contributed by atoms with Crippen LogP contribution in [0, 0.1) is 5.82 Å². The normalized spacial score (nSPS) is 10.4. The maximum atomic E-state index is 12.9. The van der Waals surface area contributed by atoms with Crippen LogP contribution < -0.4 is 5.63 Å². The quantitative estimate of drug-likeness (QED) is 0.591. The van der Waals surface area contributed by atoms with Gasteiger partial charge in [-0.05, 0) is 12.1 Å². The molecule has 0 saturated heterocycles. The van der Waals surface area contributed by atoms with E-state index in [0.717, 1.165) is 6.39 Å². The first kappa shape index (κ1) is 6.97. The summed E-state index contributed by atoms with van der Waals surface area (Å²) in [5.74, 6) is -0.602. The minimum atomic E-state index is -0.696. The van der Waals surface area contributed by atoms with Crippen LogP contribution in [-0.2, 0) is 0 Å². The Morgan fingerprint density at radius 3 is 3.00 bits per heavy atom. The highest BCUT2D eigenvalue weighted by atomic mass is 19.1. The third kappa shape index (κ3) is 0.887. The van der Waals surface area contributed by atoms with Crippen molar-refractivity contribution in [3.63, 3.8) is 0 Å². The van der Waals surface area contributed by atoms with Crippen LogP contribution in [0.15, 0.2) is 33.8 Å². The van der Waals surface area contributed by atoms with Gasteiger partial charge < -0.3 is 4.42 Å². The molecular weight excluding hydrogens is 161 g/mol. The van der Waals surface area contributed by atoms with Gasteiger partial charge in [0.25, 0.3) is 0 Å². The van der Waals surface area contributed by atoms with Crippen molar-refractivity contribution in [2.24, 2.45) is 0 Å². The molecule has 1 aromatic carbocycles. The summed E-state index contributed by atoms with van der Waals surface area (Å²) in [6.07, 6.45) is 1.00. The van der Waals surface area contributed by atoms with Gasteiger partial charge in [-0.15, -0.1) is 0 Å². The fourth-order valence-corrected chi connectivity index (χ4v) is 1.01. The van der Waals surface area contributed by atoms with E-state index in [-0.39, 0.29) is 5.39 Å². The summed E-state index contributed by atoms with van der Waals surface area (Å²) in [5.41, 5.74) is -0.385. The Morgan fingerprint density at radius 2 is 2.25 bits per heavy atom. The summed E-state index contributed by atoms with van der Waals surface area (Å²) in [6.45, 7) is 0. The molecule has 0 aliphatic carbocycles. The van der Waals surface area contributed by atoms with Gasteiger partial charge in [-0.2, -0.15) is 0 Å². The van der Waals surface area contributed by atoms with E-state index < -0.39 is 11.4 Å². The Labute approximate surface area is 66.5 Å². The Hall–Kier alpha value is -1.71. The van der Waals surface area contributed by atoms with E-state index in [1.165, 1.54) is 12.1 Å². The molecule has 0 amide bonds. The monoisotopic (exact) mass is 165 g/mol. The van der Waals surface area contributed by atoms with E-state index in [0.29, 0.717) is 5.52 Å². The minimum absolute atomic E-state index is 0.0972. The molecule has 12 heavy (non-hydrogen) atoms. The highest BCUT2D eigenvalue weighted by Crippen LogP contribution is 2.09. The molecule has 0 fully saturated rings. The van der Waals surface area contributed by atoms with Crippen molar-refractivity contribution in [2.75, 3.05) is 0 Å². The molecule has 0 aliphatic heterocycles. The summed E-state index contributed by atoms with van der Waals surface area (Å²) >= 11 is 0. The van der Waals surface area contributed by atoms with Crippen LogP contribution in [0.5, 0.6) is 0 Å². The number of halogens is 1. The first-order valence-electron chi connectivity index (χ1n) is 3.31. The molecule has 0 aliphatic rings. The van der Waals surface area contributed by atoms with E-state index >= 15 is 0 Å². The lowest BCUT2D eigenvalue weighted by atomic mass is 10.2. The van der Waals surface area contributed by atoms with Crippen LogP contribution in [0.1, 0.15) is 0 Å². The SMILES string of the molecule is O=c1ocnc2cccc(F)c12. The number of aromatic nitrogens is 1. The minimum Gasteiger partial charge on any atom is -0.411 e. The van der Waals surface area contributed by atoms with Crippen molar-refractivity contribution in [1.29, 1.82) is 0 Å². The molecule has 4 heteroatoms. The van der Waals surface area contributed by atoms with Gasteiger partial charge in [0.1, 0.15) is 11.2 Å². The van der Waals surface area contributed by atoms with E-state index in [9.17, 15) is 9.18 Å². The van der Waals surface area contributed by atoms with Crippen LogP contribution in [0.4, 0.5) is 4.39 Å². The Balaban J connectivity index is 3.07. The number of nitrogens with zero attached hydrogens (tertiary/aromatic N) is 1. The molecule has 2 rings (SSSR count). The highest BCUT2D eigenvalue weighted by Gasteiger charge is 2.05. The molecule has 1 aromatic heterocycles. The van der Waals surface area contributed by atoms with Crippen molar-refractivity contribution in [2.45, 2.75) is 0 Å². The smallest absolute Gasteiger partial charge is 0.349 e. The largest absolute Gasteiger partial charge is 0.411 e. The molecule has 0 saturated carbocycles. The molecule has 60 valence electrons. The Kier molecular flexibility index (Phi) is 1.40. The molecule has 0 atom stereocenters. The van der Waals surface area contributed by atoms with Gasteiger partial charge in [-0.25, -0.2) is 14.2 Å². The topological polar surface area (TPSA) is 43.1 Å². The molecular formula is C8H4FNO2. The van der Waals surface area contributed by atoms with E-state index in [4.69, 9.17) is 0 Å². The van der Waals surface area contributed by atoms with Crippen molar-refractivity contribution < 1.29 is 8.81 Å². The van der Waals surface area contributed by atoms with Gasteiger partial charge in [0.15, 0.2) is 6.39 Å². The first-order chi connectivity index (χ1) is 5.79. The summed E-state index contributed by atoms with van der Waals surface area (Å²) in [5, 5.41) is -0.0972. The second-order valence-electron chi connectivity index (χ2n) is 2.27. The zero-order valence-electron chi connectivity index (χ0n) is 5.95. The molecule has 3 nitrogen and oxygen atoms in total. The predicted molar refractivity (Wildman–Crippen MR) is 40.2 cm³/mol. The van der Waals surface area contributed by atoms with Crippen LogP contribution in [-0.4, -0.2) is 4.98 Å². The van der Waals surface area contributed by atoms with Crippen molar-refractivity contribution in [1.82, 2.24) is 4.98 Å². The van der Waals surface area contributed by atoms with E-state index in [1.54, 1.807) is 6.07 Å². The third-order valence-electron chi connectivity index (χ3n) is 1.55. The lowest BCUT2D eigenvalue weighted by Gasteiger charge is -1.93. The lowest BCUT2D eigenvalue weighted by molar-refractivity contribution is 0.496. The van der Waals surface area contributed by atoms with Crippen LogP contribution in [0.25, 0.3) is 10.9 Å². The first-order valence-corrected chi connectivity index (χ1v) is 3.31. The molecule has 0 bridgehead atoms. The summed E-state index contributed by atoms with van der Waals surface area (Å²) in [7, 11) is 0. The molecule has 1 heterocycles. The molecule has 0 N–H and O–H groups in total. The number of hydrogen-bond donors (Lipinski definition) is 0. The van der Waals surface area contributed by atoms with Gasteiger partial charge in [0.05, 0.1) is 5.52 Å². The van der Waals surface area contributed by atoms with Crippen LogP contribution in [0.3, 0.4) is 0 Å². The Morgan fingerprint density at radius 1 is 1.42 bits per heavy atom. The maximum absolute atomic E-state index is 12.9. The third-order valence-corrected chi connectivity index (χ3v) is 1.55. The number of benzene rings is 1. The molecule has 0 spiro atoms. The zero-order valence-corrected chi connectivity index (χ0v) is 5.95. The number of rotatable bonds is 0. The molecule has 0 unspecified atom stereocenters. The predicted octanol–water partition coefficient (Wildman–Crippen LogP) is 1.33. The van der Waals surface area contributed by atoms with Gasteiger partial charge in [0, 0.05) is 0 Å². The van der Waals surface area contributed by atoms with Crippen molar-refractivity contribution >= 4 is 10.9 Å². The van der Waals surface area contributed by atoms with E-state index in [1.807, 2.05) is 0 Å². The second kappa shape index (κ2) is 2.41. The zero-order chi connectivity index (χ0) is 8.55. The fourth-order valence-electron chi connectivity index (χ4n) is 1.01. The van der Waals surface area contributed by atoms with Crippen LogP contribution >= 0.6 is 0 Å². The van der Waals surface area contributed by atoms with Gasteiger partial charge in [-0.1, -0.05) is 6.07 Å². The van der Waals surface area contributed by atoms with Gasteiger partial charge in [0.2, 0.25) is 0 Å². The maximum Gasteiger partial charge on any atom is 0.349 e. The summed E-state index contributed by atoms with van der Waals surface area (Å²) < 4.78 is 17.4. The van der Waals surface area contributed by atoms with Gasteiger partial charge >= 0.3 is 5.63 Å². The Bertz CT molecular complexity index is 472. The number of hydrogen-bond acceptors (Lipinski definition) is 3. The van der Waals surface area contributed by atoms with Crippen molar-refractivity contribution in [3.05, 3.63) is 40.8 Å². The van der Waals surface area contributed by atoms with Gasteiger partial charge in [-0.3, -0.25) is 0 Å². The average Bonchev–Trinajstić information content (AvgIpc) is 2.04. The lowest BCUT2D eigenvalue weighted by Crippen LogP contribution is -2.01. The van der Waals surface area contributed by atoms with Crippen LogP contribution in [0.2, 0.25) is 0 Å².